The zero-order valence-corrected chi connectivity index (χ0v) is 3.52. The smallest absolute Gasteiger partial charge is 0.244 e. The predicted octanol–water partition coefficient (Wildman–Crippen LogP) is -0.502. The van der Waals surface area contributed by atoms with Crippen molar-refractivity contribution in [3.63, 3.8) is 0 Å². The number of hydrogen-bond acceptors (Lipinski definition) is 2. The van der Waals surface area contributed by atoms with E-state index in [1.165, 1.54) is 7.11 Å². The van der Waals surface area contributed by atoms with Crippen LogP contribution in [-0.4, -0.2) is 13.0 Å². The van der Waals surface area contributed by atoms with E-state index in [9.17, 15) is 4.79 Å². The van der Waals surface area contributed by atoms with Crippen molar-refractivity contribution >= 4 is 5.91 Å². The van der Waals surface area contributed by atoms with Crippen molar-refractivity contribution in [1.82, 2.24) is 5.48 Å². The normalized spacial score (nSPS) is 7.67. The van der Waals surface area contributed by atoms with Gasteiger partial charge in [-0.05, 0) is 0 Å². The van der Waals surface area contributed by atoms with Crippen LogP contribution in [0.5, 0.6) is 0 Å². The lowest BCUT2D eigenvalue weighted by Gasteiger charge is -1.90. The van der Waals surface area contributed by atoms with Gasteiger partial charge in [0.2, 0.25) is 5.91 Å². The maximum atomic E-state index is 9.70. The van der Waals surface area contributed by atoms with E-state index in [1.54, 1.807) is 0 Å². The molecular formula is C3H6NO2. The number of carbonyl (C=O) groups excluding carboxylic acids is 1. The Morgan fingerprint density at radius 3 is 2.50 bits per heavy atom. The van der Waals surface area contributed by atoms with E-state index in [2.05, 4.69) is 11.8 Å². The number of hydroxylamine groups is 1. The Kier molecular flexibility index (Phi) is 2.40. The quantitative estimate of drug-likeness (QED) is 0.439. The van der Waals surface area contributed by atoms with E-state index in [-0.39, 0.29) is 0 Å². The number of nitrogens with one attached hydrogen (secondary N) is 1. The number of rotatable bonds is 1. The van der Waals surface area contributed by atoms with Gasteiger partial charge in [-0.2, -0.15) is 0 Å². The van der Waals surface area contributed by atoms with E-state index in [0.29, 0.717) is 0 Å². The fourth-order valence-electron chi connectivity index (χ4n) is 0.114. The third kappa shape index (κ3) is 3.43. The standard InChI is InChI=1S/C3H6NO2/c1-3(5)4-6-2/h1H2,2H3,(H,4,5). The molecule has 0 aromatic carbocycles. The Morgan fingerprint density at radius 2 is 2.50 bits per heavy atom. The molecule has 1 amide bonds. The highest BCUT2D eigenvalue weighted by Crippen LogP contribution is 1.52. The molecule has 1 N–H and O–H groups in total. The Labute approximate surface area is 36.2 Å². The molecule has 0 unspecified atom stereocenters. The maximum absolute atomic E-state index is 9.70. The summed E-state index contributed by atoms with van der Waals surface area (Å²) in [6, 6.07) is 0. The zero-order chi connectivity index (χ0) is 4.99. The van der Waals surface area contributed by atoms with Crippen LogP contribution in [0.2, 0.25) is 0 Å². The molecule has 0 rings (SSSR count). The SMILES string of the molecule is [CH2]C(=O)NOC. The molecule has 0 saturated heterocycles. The van der Waals surface area contributed by atoms with Gasteiger partial charge >= 0.3 is 0 Å². The monoisotopic (exact) mass is 88.0 g/mol. The zero-order valence-electron chi connectivity index (χ0n) is 3.52. The molecule has 0 spiro atoms. The van der Waals surface area contributed by atoms with E-state index < -0.39 is 5.91 Å². The molecule has 6 heavy (non-hydrogen) atoms. The number of amides is 1. The van der Waals surface area contributed by atoms with Gasteiger partial charge in [0, 0.05) is 6.92 Å². The first-order valence-electron chi connectivity index (χ1n) is 1.42. The second-order valence-corrected chi connectivity index (χ2v) is 0.729. The Hall–Kier alpha value is -0.570. The first kappa shape index (κ1) is 5.43. The lowest BCUT2D eigenvalue weighted by Crippen LogP contribution is -2.17. The van der Waals surface area contributed by atoms with E-state index >= 15 is 0 Å². The summed E-state index contributed by atoms with van der Waals surface area (Å²) < 4.78 is 0. The number of hydrogen-bond donors (Lipinski definition) is 1. The van der Waals surface area contributed by atoms with Crippen LogP contribution < -0.4 is 5.48 Å². The minimum absolute atomic E-state index is 0.433. The van der Waals surface area contributed by atoms with Gasteiger partial charge in [0.1, 0.15) is 0 Å². The summed E-state index contributed by atoms with van der Waals surface area (Å²) >= 11 is 0. The summed E-state index contributed by atoms with van der Waals surface area (Å²) in [4.78, 5) is 13.8. The molecule has 0 aliphatic rings. The molecule has 3 nitrogen and oxygen atoms in total. The average Bonchev–Trinajstić information content (AvgIpc) is 1.35. The third-order valence-electron chi connectivity index (χ3n) is 0.216. The van der Waals surface area contributed by atoms with Crippen LogP contribution in [0, 0.1) is 6.92 Å². The van der Waals surface area contributed by atoms with Crippen LogP contribution in [0.1, 0.15) is 0 Å². The molecule has 0 atom stereocenters. The molecule has 3 heteroatoms. The molecule has 0 fully saturated rings. The van der Waals surface area contributed by atoms with Crippen molar-refractivity contribution in [3.8, 4) is 0 Å². The van der Waals surface area contributed by atoms with Crippen LogP contribution >= 0.6 is 0 Å². The Balaban J connectivity index is 2.83. The van der Waals surface area contributed by atoms with Gasteiger partial charge < -0.3 is 0 Å². The minimum Gasteiger partial charge on any atom is -0.277 e. The van der Waals surface area contributed by atoms with E-state index in [4.69, 9.17) is 0 Å². The Morgan fingerprint density at radius 1 is 2.00 bits per heavy atom. The van der Waals surface area contributed by atoms with Gasteiger partial charge in [-0.25, -0.2) is 5.48 Å². The van der Waals surface area contributed by atoms with Crippen LogP contribution in [0.25, 0.3) is 0 Å². The summed E-state index contributed by atoms with van der Waals surface area (Å²) in [7, 11) is 1.35. The molecule has 0 aliphatic heterocycles. The highest BCUT2D eigenvalue weighted by Gasteiger charge is 1.79. The van der Waals surface area contributed by atoms with E-state index in [0.717, 1.165) is 0 Å². The first-order valence-corrected chi connectivity index (χ1v) is 1.42. The molecule has 0 aliphatic carbocycles. The van der Waals surface area contributed by atoms with Crippen molar-refractivity contribution in [2.45, 2.75) is 0 Å². The van der Waals surface area contributed by atoms with Crippen molar-refractivity contribution < 1.29 is 9.63 Å². The van der Waals surface area contributed by atoms with Crippen molar-refractivity contribution in [2.75, 3.05) is 7.11 Å². The molecule has 1 radical (unpaired) electrons. The molecule has 35 valence electrons. The average molecular weight is 88.1 g/mol. The topological polar surface area (TPSA) is 38.3 Å². The lowest BCUT2D eigenvalue weighted by molar-refractivity contribution is -0.126. The van der Waals surface area contributed by atoms with Crippen molar-refractivity contribution in [3.05, 3.63) is 6.92 Å². The van der Waals surface area contributed by atoms with Crippen LogP contribution in [0.3, 0.4) is 0 Å². The highest BCUT2D eigenvalue weighted by atomic mass is 16.6. The highest BCUT2D eigenvalue weighted by molar-refractivity contribution is 5.78. The van der Waals surface area contributed by atoms with Gasteiger partial charge in [-0.1, -0.05) is 0 Å². The van der Waals surface area contributed by atoms with E-state index in [1.807, 2.05) is 5.48 Å². The van der Waals surface area contributed by atoms with Crippen LogP contribution in [0.4, 0.5) is 0 Å². The fraction of sp³-hybridized carbons (Fsp3) is 0.333. The van der Waals surface area contributed by atoms with Gasteiger partial charge in [-0.15, -0.1) is 0 Å². The second-order valence-electron chi connectivity index (χ2n) is 0.729. The third-order valence-corrected chi connectivity index (χ3v) is 0.216. The van der Waals surface area contributed by atoms with Crippen molar-refractivity contribution in [2.24, 2.45) is 0 Å². The Bertz CT molecular complexity index is 52.8. The predicted molar refractivity (Wildman–Crippen MR) is 20.5 cm³/mol. The summed E-state index contributed by atoms with van der Waals surface area (Å²) in [5, 5.41) is 0. The van der Waals surface area contributed by atoms with Gasteiger partial charge in [0.05, 0.1) is 7.11 Å². The maximum Gasteiger partial charge on any atom is 0.244 e. The molecule has 0 aromatic heterocycles. The fourth-order valence-corrected chi connectivity index (χ4v) is 0.114. The lowest BCUT2D eigenvalue weighted by atomic mass is 10.8. The molecule has 0 heterocycles. The molecule has 0 bridgehead atoms. The summed E-state index contributed by atoms with van der Waals surface area (Å²) in [5.74, 6) is -0.433. The summed E-state index contributed by atoms with van der Waals surface area (Å²) in [5.41, 5.74) is 1.96. The summed E-state index contributed by atoms with van der Waals surface area (Å²) in [6.45, 7) is 2.95. The van der Waals surface area contributed by atoms with Gasteiger partial charge in [0.25, 0.3) is 0 Å². The molecule has 0 aromatic rings. The van der Waals surface area contributed by atoms with Crippen LogP contribution in [0.15, 0.2) is 0 Å². The molecular weight excluding hydrogens is 82.0 g/mol. The van der Waals surface area contributed by atoms with Crippen LogP contribution in [-0.2, 0) is 9.63 Å². The minimum atomic E-state index is -0.433. The molecule has 0 saturated carbocycles. The van der Waals surface area contributed by atoms with Crippen molar-refractivity contribution in [1.29, 1.82) is 0 Å². The van der Waals surface area contributed by atoms with Gasteiger partial charge in [0.15, 0.2) is 0 Å². The number of carbonyl (C=O) groups is 1. The summed E-state index contributed by atoms with van der Waals surface area (Å²) in [6.07, 6.45) is 0. The first-order chi connectivity index (χ1) is 2.77. The van der Waals surface area contributed by atoms with Gasteiger partial charge in [-0.3, -0.25) is 9.63 Å². The second kappa shape index (κ2) is 2.66. The largest absolute Gasteiger partial charge is 0.277 e.